The van der Waals surface area contributed by atoms with E-state index in [2.05, 4.69) is 5.43 Å². The van der Waals surface area contributed by atoms with E-state index in [4.69, 9.17) is 10.6 Å². The molecule has 1 aliphatic rings. The molecule has 0 bridgehead atoms. The molecule has 114 valence electrons. The summed E-state index contributed by atoms with van der Waals surface area (Å²) in [6.07, 6.45) is -1.65. The molecule has 2 rings (SSSR count). The third-order valence-corrected chi connectivity index (χ3v) is 4.50. The van der Waals surface area contributed by atoms with Gasteiger partial charge in [0, 0.05) is 18.0 Å². The largest absolute Gasteiger partial charge is 0.417 e. The molecule has 1 heterocycles. The van der Waals surface area contributed by atoms with E-state index >= 15 is 0 Å². The standard InChI is InChI=1S/C13H19F3N2OS/c1-2-19-9-3-8(4-9)5-12(18-17)10-6-20-7-11(10)13(14,15)16/h6-9,12,18H,2-5,17H2,1H3. The number of rotatable bonds is 6. The molecule has 0 radical (unpaired) electrons. The zero-order valence-electron chi connectivity index (χ0n) is 11.2. The van der Waals surface area contributed by atoms with Crippen LogP contribution in [0.3, 0.4) is 0 Å². The van der Waals surface area contributed by atoms with Crippen molar-refractivity contribution in [3.8, 4) is 0 Å². The van der Waals surface area contributed by atoms with E-state index in [9.17, 15) is 13.2 Å². The summed E-state index contributed by atoms with van der Waals surface area (Å²) in [5.74, 6) is 5.82. The lowest BCUT2D eigenvalue weighted by Gasteiger charge is -2.37. The lowest BCUT2D eigenvalue weighted by molar-refractivity contribution is -0.138. The third-order valence-electron chi connectivity index (χ3n) is 3.74. The maximum Gasteiger partial charge on any atom is 0.417 e. The van der Waals surface area contributed by atoms with Crippen LogP contribution in [0.4, 0.5) is 13.2 Å². The van der Waals surface area contributed by atoms with Gasteiger partial charge in [-0.3, -0.25) is 11.3 Å². The Morgan fingerprint density at radius 2 is 2.15 bits per heavy atom. The van der Waals surface area contributed by atoms with Gasteiger partial charge in [-0.25, -0.2) is 0 Å². The first-order valence-corrected chi connectivity index (χ1v) is 7.61. The van der Waals surface area contributed by atoms with Crippen LogP contribution in [0.5, 0.6) is 0 Å². The zero-order chi connectivity index (χ0) is 14.8. The third kappa shape index (κ3) is 3.52. The van der Waals surface area contributed by atoms with Gasteiger partial charge in [0.25, 0.3) is 0 Å². The number of nitrogens with two attached hydrogens (primary N) is 1. The maximum absolute atomic E-state index is 12.9. The van der Waals surface area contributed by atoms with Crippen LogP contribution >= 0.6 is 11.3 Å². The van der Waals surface area contributed by atoms with Crippen molar-refractivity contribution < 1.29 is 17.9 Å². The highest BCUT2D eigenvalue weighted by molar-refractivity contribution is 7.08. The van der Waals surface area contributed by atoms with Crippen molar-refractivity contribution in [3.63, 3.8) is 0 Å². The molecule has 0 amide bonds. The normalized spacial score (nSPS) is 24.4. The van der Waals surface area contributed by atoms with Gasteiger partial charge in [-0.1, -0.05) is 0 Å². The summed E-state index contributed by atoms with van der Waals surface area (Å²) in [4.78, 5) is 0. The van der Waals surface area contributed by atoms with Crippen molar-refractivity contribution in [2.75, 3.05) is 6.61 Å². The minimum absolute atomic E-state index is 0.254. The fourth-order valence-corrected chi connectivity index (χ4v) is 3.58. The Morgan fingerprint density at radius 3 is 2.70 bits per heavy atom. The van der Waals surface area contributed by atoms with Crippen molar-refractivity contribution in [3.05, 3.63) is 21.9 Å². The van der Waals surface area contributed by atoms with Gasteiger partial charge in [-0.05, 0) is 43.0 Å². The Hall–Kier alpha value is -0.630. The summed E-state index contributed by atoms with van der Waals surface area (Å²) in [6, 6.07) is -0.453. The number of halogens is 3. The first-order chi connectivity index (χ1) is 9.45. The molecule has 1 fully saturated rings. The van der Waals surface area contributed by atoms with Crippen LogP contribution in [0.25, 0.3) is 0 Å². The maximum atomic E-state index is 12.9. The number of ether oxygens (including phenoxy) is 1. The van der Waals surface area contributed by atoms with E-state index in [1.54, 1.807) is 0 Å². The van der Waals surface area contributed by atoms with E-state index in [-0.39, 0.29) is 11.7 Å². The highest BCUT2D eigenvalue weighted by Crippen LogP contribution is 2.41. The molecule has 7 heteroatoms. The lowest BCUT2D eigenvalue weighted by Crippen LogP contribution is -2.37. The Kier molecular flexibility index (Phi) is 5.06. The molecule has 3 N–H and O–H groups in total. The highest BCUT2D eigenvalue weighted by atomic mass is 32.1. The topological polar surface area (TPSA) is 47.3 Å². The summed E-state index contributed by atoms with van der Waals surface area (Å²) in [5, 5.41) is 2.68. The number of alkyl halides is 3. The first-order valence-electron chi connectivity index (χ1n) is 6.66. The Morgan fingerprint density at radius 1 is 1.45 bits per heavy atom. The van der Waals surface area contributed by atoms with Gasteiger partial charge >= 0.3 is 6.18 Å². The van der Waals surface area contributed by atoms with Crippen molar-refractivity contribution in [2.45, 2.75) is 44.5 Å². The molecule has 0 spiro atoms. The molecule has 1 aromatic rings. The summed E-state index contributed by atoms with van der Waals surface area (Å²) >= 11 is 1.06. The number of hydrogen-bond acceptors (Lipinski definition) is 4. The Balaban J connectivity index is 1.98. The summed E-state index contributed by atoms with van der Waals surface area (Å²) in [5.41, 5.74) is 2.21. The van der Waals surface area contributed by atoms with E-state index in [0.717, 1.165) is 29.6 Å². The van der Waals surface area contributed by atoms with Gasteiger partial charge in [-0.2, -0.15) is 24.5 Å². The molecule has 1 unspecified atom stereocenters. The quantitative estimate of drug-likeness (QED) is 0.625. The summed E-state index contributed by atoms with van der Waals surface area (Å²) in [7, 11) is 0. The van der Waals surface area contributed by atoms with Crippen LogP contribution in [0.1, 0.15) is 43.4 Å². The van der Waals surface area contributed by atoms with Gasteiger partial charge < -0.3 is 4.74 Å². The number of thiophene rings is 1. The molecule has 3 nitrogen and oxygen atoms in total. The number of hydrazine groups is 1. The van der Waals surface area contributed by atoms with Crippen molar-refractivity contribution >= 4 is 11.3 Å². The van der Waals surface area contributed by atoms with E-state index in [1.807, 2.05) is 6.92 Å². The molecule has 0 saturated heterocycles. The average molecular weight is 308 g/mol. The smallest absolute Gasteiger partial charge is 0.378 e. The minimum Gasteiger partial charge on any atom is -0.378 e. The molecule has 0 aliphatic heterocycles. The van der Waals surface area contributed by atoms with Gasteiger partial charge in [0.15, 0.2) is 0 Å². The van der Waals surface area contributed by atoms with Gasteiger partial charge in [0.05, 0.1) is 11.7 Å². The predicted molar refractivity (Wildman–Crippen MR) is 72.1 cm³/mol. The second-order valence-corrected chi connectivity index (χ2v) is 5.85. The Labute approximate surface area is 120 Å². The lowest BCUT2D eigenvalue weighted by atomic mass is 9.77. The minimum atomic E-state index is -4.32. The second kappa shape index (κ2) is 6.43. The molecule has 0 aromatic carbocycles. The second-order valence-electron chi connectivity index (χ2n) is 5.11. The molecule has 20 heavy (non-hydrogen) atoms. The fraction of sp³-hybridized carbons (Fsp3) is 0.692. The summed E-state index contributed by atoms with van der Waals surface area (Å²) < 4.78 is 44.1. The average Bonchev–Trinajstić information content (AvgIpc) is 2.80. The van der Waals surface area contributed by atoms with Crippen molar-refractivity contribution in [1.29, 1.82) is 0 Å². The van der Waals surface area contributed by atoms with Crippen LogP contribution < -0.4 is 11.3 Å². The zero-order valence-corrected chi connectivity index (χ0v) is 12.1. The molecular weight excluding hydrogens is 289 g/mol. The van der Waals surface area contributed by atoms with E-state index in [0.29, 0.717) is 18.9 Å². The predicted octanol–water partition coefficient (Wildman–Crippen LogP) is 3.48. The Bertz CT molecular complexity index is 429. The number of hydrogen-bond donors (Lipinski definition) is 2. The monoisotopic (exact) mass is 308 g/mol. The molecule has 1 aliphatic carbocycles. The summed E-state index contributed by atoms with van der Waals surface area (Å²) in [6.45, 7) is 2.62. The van der Waals surface area contributed by atoms with Crippen LogP contribution in [-0.2, 0) is 10.9 Å². The van der Waals surface area contributed by atoms with Crippen molar-refractivity contribution in [2.24, 2.45) is 11.8 Å². The van der Waals surface area contributed by atoms with E-state index in [1.165, 1.54) is 5.38 Å². The van der Waals surface area contributed by atoms with Crippen LogP contribution in [-0.4, -0.2) is 12.7 Å². The fourth-order valence-electron chi connectivity index (χ4n) is 2.66. The SMILES string of the molecule is CCOC1CC(CC(NN)c2cscc2C(F)(F)F)C1. The van der Waals surface area contributed by atoms with Gasteiger partial charge in [-0.15, -0.1) is 0 Å². The molecule has 1 atom stereocenters. The van der Waals surface area contributed by atoms with Crippen LogP contribution in [0.2, 0.25) is 0 Å². The van der Waals surface area contributed by atoms with Crippen LogP contribution in [0.15, 0.2) is 10.8 Å². The van der Waals surface area contributed by atoms with Gasteiger partial charge in [0.1, 0.15) is 0 Å². The van der Waals surface area contributed by atoms with E-state index < -0.39 is 17.8 Å². The van der Waals surface area contributed by atoms with Crippen molar-refractivity contribution in [1.82, 2.24) is 5.43 Å². The highest BCUT2D eigenvalue weighted by Gasteiger charge is 2.38. The number of nitrogens with one attached hydrogen (secondary N) is 1. The van der Waals surface area contributed by atoms with Gasteiger partial charge in [0.2, 0.25) is 0 Å². The van der Waals surface area contributed by atoms with Crippen LogP contribution in [0, 0.1) is 5.92 Å². The molecule has 1 saturated carbocycles. The first kappa shape index (κ1) is 15.8. The molecule has 1 aromatic heterocycles. The molecular formula is C13H19F3N2OS.